The fourth-order valence-corrected chi connectivity index (χ4v) is 4.13. The van der Waals surface area contributed by atoms with Gasteiger partial charge in [0, 0.05) is 25.2 Å². The number of hydrogen-bond acceptors (Lipinski definition) is 4. The van der Waals surface area contributed by atoms with Crippen LogP contribution in [0, 0.1) is 0 Å². The number of carbonyl (C=O) groups is 1. The van der Waals surface area contributed by atoms with E-state index in [0.29, 0.717) is 12.4 Å². The third-order valence-corrected chi connectivity index (χ3v) is 5.34. The molecule has 110 valence electrons. The Labute approximate surface area is 129 Å². The fourth-order valence-electron chi connectivity index (χ4n) is 2.25. The van der Waals surface area contributed by atoms with Gasteiger partial charge in [0.05, 0.1) is 5.75 Å². The van der Waals surface area contributed by atoms with Crippen LogP contribution in [-0.4, -0.2) is 42.6 Å². The number of thioether (sulfide) groups is 2. The van der Waals surface area contributed by atoms with Crippen LogP contribution >= 0.6 is 23.5 Å². The van der Waals surface area contributed by atoms with Gasteiger partial charge in [0.1, 0.15) is 5.37 Å². The summed E-state index contributed by atoms with van der Waals surface area (Å²) in [6.45, 7) is 3.63. The molecule has 1 fully saturated rings. The zero-order valence-electron chi connectivity index (χ0n) is 12.0. The van der Waals surface area contributed by atoms with Crippen LogP contribution in [0.5, 0.6) is 0 Å². The Morgan fingerprint density at radius 2 is 2.15 bits per heavy atom. The van der Waals surface area contributed by atoms with Crippen LogP contribution < -0.4 is 0 Å². The highest BCUT2D eigenvalue weighted by Crippen LogP contribution is 2.39. The Morgan fingerprint density at radius 1 is 1.40 bits per heavy atom. The Kier molecular flexibility index (Phi) is 6.26. The van der Waals surface area contributed by atoms with Crippen molar-refractivity contribution in [2.45, 2.75) is 23.6 Å². The monoisotopic (exact) mass is 311 g/mol. The summed E-state index contributed by atoms with van der Waals surface area (Å²) in [5.41, 5.74) is 1.22. The summed E-state index contributed by atoms with van der Waals surface area (Å²) in [5.74, 6) is 1.91. The van der Waals surface area contributed by atoms with E-state index in [0.717, 1.165) is 18.7 Å². The normalized spacial score (nSPS) is 18.8. The molecule has 3 nitrogen and oxygen atoms in total. The zero-order chi connectivity index (χ0) is 14.4. The summed E-state index contributed by atoms with van der Waals surface area (Å²) in [6.07, 6.45) is 0.892. The molecular weight excluding hydrogens is 290 g/mol. The zero-order valence-corrected chi connectivity index (χ0v) is 13.6. The second kappa shape index (κ2) is 7.96. The minimum absolute atomic E-state index is 0.167. The molecule has 20 heavy (non-hydrogen) atoms. The lowest BCUT2D eigenvalue weighted by Gasteiger charge is -2.24. The number of benzene rings is 1. The van der Waals surface area contributed by atoms with Crippen molar-refractivity contribution in [1.29, 1.82) is 0 Å². The maximum atomic E-state index is 12.0. The summed E-state index contributed by atoms with van der Waals surface area (Å²) in [4.78, 5) is 15.2. The topological polar surface area (TPSA) is 29.5 Å². The van der Waals surface area contributed by atoms with Gasteiger partial charge in [0.25, 0.3) is 0 Å². The van der Waals surface area contributed by atoms with Gasteiger partial charge >= 0.3 is 0 Å². The van der Waals surface area contributed by atoms with Crippen LogP contribution in [-0.2, 0) is 9.53 Å². The van der Waals surface area contributed by atoms with Gasteiger partial charge in [-0.1, -0.05) is 19.1 Å². The second-order valence-electron chi connectivity index (χ2n) is 4.60. The van der Waals surface area contributed by atoms with Crippen LogP contribution in [0.25, 0.3) is 0 Å². The molecule has 1 heterocycles. The maximum absolute atomic E-state index is 12.0. The lowest BCUT2D eigenvalue weighted by atomic mass is 10.2. The number of methoxy groups -OCH3 is 1. The van der Waals surface area contributed by atoms with Crippen molar-refractivity contribution in [3.8, 4) is 0 Å². The third-order valence-electron chi connectivity index (χ3n) is 3.19. The van der Waals surface area contributed by atoms with E-state index in [2.05, 4.69) is 31.2 Å². The molecule has 1 aromatic rings. The third kappa shape index (κ3) is 3.93. The highest BCUT2D eigenvalue weighted by molar-refractivity contribution is 8.00. The van der Waals surface area contributed by atoms with Gasteiger partial charge in [-0.3, -0.25) is 4.79 Å². The maximum Gasteiger partial charge on any atom is 0.233 e. The van der Waals surface area contributed by atoms with Gasteiger partial charge in [0.15, 0.2) is 0 Å². The molecular formula is C15H21NO2S2. The van der Waals surface area contributed by atoms with E-state index in [9.17, 15) is 4.79 Å². The predicted octanol–water partition coefficient (Wildman–Crippen LogP) is 3.41. The number of carbonyl (C=O) groups excluding carboxylic acids is 1. The van der Waals surface area contributed by atoms with E-state index in [1.54, 1.807) is 18.9 Å². The molecule has 1 atom stereocenters. The number of rotatable bonds is 7. The lowest BCUT2D eigenvalue weighted by Crippen LogP contribution is -2.29. The summed E-state index contributed by atoms with van der Waals surface area (Å²) < 4.78 is 5.07. The molecule has 0 radical (unpaired) electrons. The van der Waals surface area contributed by atoms with E-state index < -0.39 is 0 Å². The van der Waals surface area contributed by atoms with Gasteiger partial charge in [-0.15, -0.1) is 23.5 Å². The number of ether oxygens (including phenoxy) is 1. The van der Waals surface area contributed by atoms with Crippen LogP contribution in [0.15, 0.2) is 29.2 Å². The molecule has 0 saturated carbocycles. The minimum Gasteiger partial charge on any atom is -0.385 e. The van der Waals surface area contributed by atoms with Crippen molar-refractivity contribution in [1.82, 2.24) is 4.90 Å². The van der Waals surface area contributed by atoms with E-state index in [1.807, 2.05) is 16.7 Å². The van der Waals surface area contributed by atoms with Crippen LogP contribution in [0.2, 0.25) is 0 Å². The van der Waals surface area contributed by atoms with Crippen molar-refractivity contribution >= 4 is 29.4 Å². The first-order valence-corrected chi connectivity index (χ1v) is 8.92. The number of nitrogens with zero attached hydrogens (tertiary/aromatic N) is 1. The molecule has 1 unspecified atom stereocenters. The van der Waals surface area contributed by atoms with Crippen molar-refractivity contribution in [2.24, 2.45) is 0 Å². The molecule has 0 aliphatic carbocycles. The molecule has 2 rings (SSSR count). The average molecular weight is 311 g/mol. The molecule has 0 N–H and O–H groups in total. The molecule has 1 aromatic carbocycles. The first kappa shape index (κ1) is 15.7. The molecule has 0 bridgehead atoms. The molecule has 5 heteroatoms. The lowest BCUT2D eigenvalue weighted by molar-refractivity contribution is -0.128. The molecule has 1 amide bonds. The average Bonchev–Trinajstić information content (AvgIpc) is 2.82. The molecule has 1 aliphatic heterocycles. The van der Waals surface area contributed by atoms with Gasteiger partial charge in [-0.05, 0) is 29.9 Å². The van der Waals surface area contributed by atoms with Gasteiger partial charge in [-0.25, -0.2) is 0 Å². The smallest absolute Gasteiger partial charge is 0.233 e. The Balaban J connectivity index is 2.03. The van der Waals surface area contributed by atoms with Gasteiger partial charge in [0.2, 0.25) is 5.91 Å². The minimum atomic E-state index is 0.167. The van der Waals surface area contributed by atoms with Crippen molar-refractivity contribution in [3.63, 3.8) is 0 Å². The quantitative estimate of drug-likeness (QED) is 0.570. The van der Waals surface area contributed by atoms with E-state index >= 15 is 0 Å². The highest BCUT2D eigenvalue weighted by Gasteiger charge is 2.32. The highest BCUT2D eigenvalue weighted by atomic mass is 32.2. The van der Waals surface area contributed by atoms with Crippen molar-refractivity contribution in [2.75, 3.05) is 31.8 Å². The number of hydrogen-bond donors (Lipinski definition) is 0. The van der Waals surface area contributed by atoms with Gasteiger partial charge in [-0.2, -0.15) is 0 Å². The standard InChI is InChI=1S/C15H21NO2S2/c1-3-19-13-7-5-12(6-8-13)15-16(9-4-10-18-2)14(17)11-20-15/h5-8,15H,3-4,9-11H2,1-2H3. The van der Waals surface area contributed by atoms with E-state index in [4.69, 9.17) is 4.74 Å². The molecule has 1 saturated heterocycles. The largest absolute Gasteiger partial charge is 0.385 e. The molecule has 0 aromatic heterocycles. The van der Waals surface area contributed by atoms with Crippen LogP contribution in [0.4, 0.5) is 0 Å². The Hall–Kier alpha value is -0.650. The number of amides is 1. The molecule has 0 spiro atoms. The SMILES string of the molecule is CCSc1ccc(C2SCC(=O)N2CCCOC)cc1. The van der Waals surface area contributed by atoms with E-state index in [1.165, 1.54) is 10.5 Å². The van der Waals surface area contributed by atoms with Crippen molar-refractivity contribution in [3.05, 3.63) is 29.8 Å². The van der Waals surface area contributed by atoms with Crippen LogP contribution in [0.3, 0.4) is 0 Å². The first-order valence-electron chi connectivity index (χ1n) is 6.89. The second-order valence-corrected chi connectivity index (χ2v) is 7.00. The van der Waals surface area contributed by atoms with E-state index in [-0.39, 0.29) is 11.3 Å². The summed E-state index contributed by atoms with van der Waals surface area (Å²) in [7, 11) is 1.70. The first-order chi connectivity index (χ1) is 9.76. The summed E-state index contributed by atoms with van der Waals surface area (Å²) >= 11 is 3.56. The summed E-state index contributed by atoms with van der Waals surface area (Å²) in [6, 6.07) is 8.61. The van der Waals surface area contributed by atoms with Crippen molar-refractivity contribution < 1.29 is 9.53 Å². The Morgan fingerprint density at radius 3 is 2.80 bits per heavy atom. The molecule has 1 aliphatic rings. The Bertz CT molecular complexity index is 436. The summed E-state index contributed by atoms with van der Waals surface area (Å²) in [5, 5.41) is 0.167. The van der Waals surface area contributed by atoms with Gasteiger partial charge < -0.3 is 9.64 Å². The predicted molar refractivity (Wildman–Crippen MR) is 86.2 cm³/mol. The fraction of sp³-hybridized carbons (Fsp3) is 0.533. The van der Waals surface area contributed by atoms with Crippen LogP contribution in [0.1, 0.15) is 24.3 Å².